The third kappa shape index (κ3) is 4.68. The molecule has 11 aromatic rings. The van der Waals surface area contributed by atoms with Crippen molar-refractivity contribution in [2.45, 2.75) is 0 Å². The molecule has 0 bridgehead atoms. The standard InChI is InChI=1S/C46H28N6O/c1-2-13-29(14-3-1)43-48-44(50-46(49-43)52-40-23-10-6-19-35(40)36-20-7-11-24-41(36)52)30-25-26-42-37(28-30)47-45(53-42)31-15-12-16-32(27-31)51-38-21-8-4-17-33(38)34-18-5-9-22-39(34)51/h1-28H. The zero-order valence-electron chi connectivity index (χ0n) is 28.3. The molecule has 7 nitrogen and oxygen atoms in total. The average Bonchev–Trinajstić information content (AvgIpc) is 3.91. The van der Waals surface area contributed by atoms with Crippen LogP contribution in [0.5, 0.6) is 0 Å². The van der Waals surface area contributed by atoms with Crippen molar-refractivity contribution in [2.24, 2.45) is 0 Å². The molecule has 0 atom stereocenters. The van der Waals surface area contributed by atoms with E-state index in [4.69, 9.17) is 24.4 Å². The second-order valence-corrected chi connectivity index (χ2v) is 13.1. The molecule has 0 amide bonds. The van der Waals surface area contributed by atoms with E-state index in [1.165, 1.54) is 10.8 Å². The number of para-hydroxylation sites is 4. The van der Waals surface area contributed by atoms with Gasteiger partial charge in [-0.3, -0.25) is 4.57 Å². The van der Waals surface area contributed by atoms with E-state index in [1.807, 2.05) is 66.7 Å². The van der Waals surface area contributed by atoms with Crippen molar-refractivity contribution in [3.05, 3.63) is 170 Å². The van der Waals surface area contributed by atoms with Gasteiger partial charge in [-0.05, 0) is 60.7 Å². The Kier molecular flexibility index (Phi) is 6.42. The van der Waals surface area contributed by atoms with Crippen LogP contribution in [0.3, 0.4) is 0 Å². The summed E-state index contributed by atoms with van der Waals surface area (Å²) in [5, 5.41) is 4.73. The van der Waals surface area contributed by atoms with Gasteiger partial charge in [0.2, 0.25) is 11.8 Å². The van der Waals surface area contributed by atoms with Crippen molar-refractivity contribution in [1.82, 2.24) is 29.1 Å². The molecule has 0 saturated carbocycles. The molecule has 0 radical (unpaired) electrons. The molecule has 4 aromatic heterocycles. The fourth-order valence-corrected chi connectivity index (χ4v) is 7.62. The van der Waals surface area contributed by atoms with Crippen LogP contribution < -0.4 is 0 Å². The lowest BCUT2D eigenvalue weighted by Gasteiger charge is -2.10. The molecule has 7 heteroatoms. The van der Waals surface area contributed by atoms with Gasteiger partial charge in [0.1, 0.15) is 5.52 Å². The highest BCUT2D eigenvalue weighted by molar-refractivity contribution is 6.10. The number of oxazole rings is 1. The first-order chi connectivity index (χ1) is 26.3. The zero-order valence-corrected chi connectivity index (χ0v) is 28.3. The number of fused-ring (bicyclic) bond motifs is 7. The van der Waals surface area contributed by atoms with Gasteiger partial charge in [-0.15, -0.1) is 0 Å². The van der Waals surface area contributed by atoms with Gasteiger partial charge in [0, 0.05) is 43.9 Å². The summed E-state index contributed by atoms with van der Waals surface area (Å²) in [5.41, 5.74) is 9.44. The van der Waals surface area contributed by atoms with Crippen molar-refractivity contribution in [3.8, 4) is 45.9 Å². The molecule has 7 aromatic carbocycles. The van der Waals surface area contributed by atoms with Crippen LogP contribution in [0.2, 0.25) is 0 Å². The molecule has 0 aliphatic heterocycles. The molecule has 0 unspecified atom stereocenters. The van der Waals surface area contributed by atoms with E-state index in [2.05, 4.69) is 112 Å². The first-order valence-corrected chi connectivity index (χ1v) is 17.6. The van der Waals surface area contributed by atoms with Gasteiger partial charge in [0.05, 0.1) is 22.1 Å². The van der Waals surface area contributed by atoms with Gasteiger partial charge in [-0.1, -0.05) is 109 Å². The molecule has 0 saturated heterocycles. The molecule has 0 aliphatic carbocycles. The van der Waals surface area contributed by atoms with Gasteiger partial charge < -0.3 is 8.98 Å². The second-order valence-electron chi connectivity index (χ2n) is 13.1. The monoisotopic (exact) mass is 680 g/mol. The van der Waals surface area contributed by atoms with Crippen LogP contribution in [0.25, 0.3) is 101 Å². The fourth-order valence-electron chi connectivity index (χ4n) is 7.62. The summed E-state index contributed by atoms with van der Waals surface area (Å²) in [6.07, 6.45) is 0. The van der Waals surface area contributed by atoms with E-state index in [-0.39, 0.29) is 0 Å². The van der Waals surface area contributed by atoms with E-state index < -0.39 is 0 Å². The Balaban J connectivity index is 1.04. The van der Waals surface area contributed by atoms with Crippen molar-refractivity contribution in [1.29, 1.82) is 0 Å². The third-order valence-corrected chi connectivity index (χ3v) is 10.0. The van der Waals surface area contributed by atoms with E-state index >= 15 is 0 Å². The first-order valence-electron chi connectivity index (χ1n) is 17.6. The predicted octanol–water partition coefficient (Wildman–Crippen LogP) is 11.2. The third-order valence-electron chi connectivity index (χ3n) is 10.0. The van der Waals surface area contributed by atoms with Crippen LogP contribution in [-0.4, -0.2) is 29.1 Å². The number of nitrogens with zero attached hydrogens (tertiary/aromatic N) is 6. The SMILES string of the molecule is c1ccc(-c2nc(-c3ccc4oc(-c5cccc(-n6c7ccccc7c7ccccc76)c5)nc4c3)nc(-n3c4ccccc4c4ccccc43)n2)cc1. The largest absolute Gasteiger partial charge is 0.436 e. The van der Waals surface area contributed by atoms with E-state index in [9.17, 15) is 0 Å². The second kappa shape index (κ2) is 11.6. The molecule has 0 aliphatic rings. The summed E-state index contributed by atoms with van der Waals surface area (Å²) in [5.74, 6) is 2.24. The molecule has 0 N–H and O–H groups in total. The Hall–Kier alpha value is -7.38. The molecule has 4 heterocycles. The number of aromatic nitrogens is 6. The lowest BCUT2D eigenvalue weighted by molar-refractivity contribution is 0.620. The molecule has 11 rings (SSSR count). The first kappa shape index (κ1) is 29.4. The zero-order chi connectivity index (χ0) is 34.9. The van der Waals surface area contributed by atoms with Crippen LogP contribution in [0.1, 0.15) is 0 Å². The van der Waals surface area contributed by atoms with Gasteiger partial charge in [0.15, 0.2) is 17.2 Å². The highest BCUT2D eigenvalue weighted by Gasteiger charge is 2.19. The Labute approximate surface area is 303 Å². The minimum absolute atomic E-state index is 0.548. The van der Waals surface area contributed by atoms with E-state index in [0.29, 0.717) is 29.1 Å². The van der Waals surface area contributed by atoms with E-state index in [0.717, 1.165) is 60.7 Å². The maximum Gasteiger partial charge on any atom is 0.238 e. The highest BCUT2D eigenvalue weighted by Crippen LogP contribution is 2.35. The van der Waals surface area contributed by atoms with Crippen LogP contribution in [0.15, 0.2) is 174 Å². The van der Waals surface area contributed by atoms with Crippen LogP contribution >= 0.6 is 0 Å². The molecule has 0 spiro atoms. The normalized spacial score (nSPS) is 11.8. The number of hydrogen-bond donors (Lipinski definition) is 0. The van der Waals surface area contributed by atoms with Crippen molar-refractivity contribution < 1.29 is 4.42 Å². The van der Waals surface area contributed by atoms with Crippen LogP contribution in [0.4, 0.5) is 0 Å². The van der Waals surface area contributed by atoms with Gasteiger partial charge in [-0.2, -0.15) is 9.97 Å². The minimum Gasteiger partial charge on any atom is -0.436 e. The number of benzene rings is 7. The van der Waals surface area contributed by atoms with Crippen molar-refractivity contribution >= 4 is 54.7 Å². The topological polar surface area (TPSA) is 74.6 Å². The quantitative estimate of drug-likeness (QED) is 0.181. The summed E-state index contributed by atoms with van der Waals surface area (Å²) in [6, 6.07) is 58.1. The lowest BCUT2D eigenvalue weighted by Crippen LogP contribution is -2.06. The summed E-state index contributed by atoms with van der Waals surface area (Å²) >= 11 is 0. The Morgan fingerprint density at radius 1 is 0.377 bits per heavy atom. The minimum atomic E-state index is 0.548. The van der Waals surface area contributed by atoms with Gasteiger partial charge in [-0.25, -0.2) is 9.97 Å². The molecule has 248 valence electrons. The lowest BCUT2D eigenvalue weighted by atomic mass is 10.1. The predicted molar refractivity (Wildman–Crippen MR) is 212 cm³/mol. The smallest absolute Gasteiger partial charge is 0.238 e. The summed E-state index contributed by atoms with van der Waals surface area (Å²) in [7, 11) is 0. The average molecular weight is 681 g/mol. The van der Waals surface area contributed by atoms with Crippen molar-refractivity contribution in [2.75, 3.05) is 0 Å². The van der Waals surface area contributed by atoms with E-state index in [1.54, 1.807) is 0 Å². The van der Waals surface area contributed by atoms with Crippen LogP contribution in [0, 0.1) is 0 Å². The molecule has 0 fully saturated rings. The number of rotatable bonds is 5. The molecule has 53 heavy (non-hydrogen) atoms. The number of hydrogen-bond acceptors (Lipinski definition) is 5. The Bertz CT molecular complexity index is 3080. The molecular formula is C46H28N6O. The Morgan fingerprint density at radius 2 is 0.906 bits per heavy atom. The van der Waals surface area contributed by atoms with Gasteiger partial charge in [0.25, 0.3) is 0 Å². The summed E-state index contributed by atoms with van der Waals surface area (Å²) in [6.45, 7) is 0. The van der Waals surface area contributed by atoms with Gasteiger partial charge >= 0.3 is 0 Å². The molecular weight excluding hydrogens is 653 g/mol. The highest BCUT2D eigenvalue weighted by atomic mass is 16.3. The summed E-state index contributed by atoms with van der Waals surface area (Å²) in [4.78, 5) is 20.2. The fraction of sp³-hybridized carbons (Fsp3) is 0. The van der Waals surface area contributed by atoms with Crippen LogP contribution in [-0.2, 0) is 0 Å². The van der Waals surface area contributed by atoms with Crippen molar-refractivity contribution in [3.63, 3.8) is 0 Å². The maximum absolute atomic E-state index is 6.39. The Morgan fingerprint density at radius 3 is 1.53 bits per heavy atom. The summed E-state index contributed by atoms with van der Waals surface area (Å²) < 4.78 is 10.8. The maximum atomic E-state index is 6.39.